The minimum atomic E-state index is -1.62. The van der Waals surface area contributed by atoms with Crippen molar-refractivity contribution in [2.75, 3.05) is 0 Å². The van der Waals surface area contributed by atoms with Crippen LogP contribution in [0.4, 0.5) is 0 Å². The standard InChI is InChI=1S/C2H4O2.3ClH.2Cr/c1-2(3)4;;;;;/h1H3,(H,3,4);3*1H;;/q;;;;;+3/p-3. The van der Waals surface area contributed by atoms with Crippen molar-refractivity contribution < 1.29 is 38.6 Å². The number of aliphatic carboxylic acids is 1. The van der Waals surface area contributed by atoms with Crippen LogP contribution in [0.15, 0.2) is 0 Å². The number of carboxylic acids is 1. The summed E-state index contributed by atoms with van der Waals surface area (Å²) in [5.41, 5.74) is 0. The zero-order chi connectivity index (χ0) is 7.15. The molecule has 7 heteroatoms. The summed E-state index contributed by atoms with van der Waals surface area (Å²) in [5.74, 6) is -0.833. The fourth-order valence-electron chi connectivity index (χ4n) is 0. The number of hydrogen-bond acceptors (Lipinski definition) is 1. The van der Waals surface area contributed by atoms with Gasteiger partial charge in [-0.3, -0.25) is 4.79 Å². The molecular weight excluding hydrogens is 266 g/mol. The van der Waals surface area contributed by atoms with Crippen molar-refractivity contribution in [3.8, 4) is 0 Å². The van der Waals surface area contributed by atoms with Crippen LogP contribution in [-0.2, 0) is 33.5 Å². The van der Waals surface area contributed by atoms with E-state index in [0.29, 0.717) is 0 Å². The molecular formula is C2H4Cl3Cr2O2. The summed E-state index contributed by atoms with van der Waals surface area (Å²) >= 11 is -1.62. The van der Waals surface area contributed by atoms with Crippen LogP contribution in [0, 0.1) is 0 Å². The van der Waals surface area contributed by atoms with Gasteiger partial charge >= 0.3 is 41.5 Å². The van der Waals surface area contributed by atoms with Gasteiger partial charge in [0.2, 0.25) is 0 Å². The summed E-state index contributed by atoms with van der Waals surface area (Å²) < 4.78 is 0. The van der Waals surface area contributed by atoms with E-state index in [0.717, 1.165) is 6.92 Å². The maximum Gasteiger partial charge on any atom is 0 e. The number of rotatable bonds is 0. The monoisotopic (exact) mass is 269 g/mol. The van der Waals surface area contributed by atoms with Gasteiger partial charge in [-0.05, 0) is 0 Å². The van der Waals surface area contributed by atoms with Crippen LogP contribution in [0.25, 0.3) is 0 Å². The Hall–Kier alpha value is 1.40. The summed E-state index contributed by atoms with van der Waals surface area (Å²) in [6, 6.07) is 0. The predicted molar refractivity (Wildman–Crippen MR) is 30.9 cm³/mol. The molecule has 0 saturated heterocycles. The Bertz CT molecular complexity index is 62.1. The molecule has 0 saturated carbocycles. The molecule has 0 rings (SSSR count). The first kappa shape index (κ1) is 16.8. The van der Waals surface area contributed by atoms with Crippen LogP contribution < -0.4 is 0 Å². The van der Waals surface area contributed by atoms with E-state index < -0.39 is 17.4 Å². The first-order chi connectivity index (χ1) is 3.46. The first-order valence-electron chi connectivity index (χ1n) is 1.39. The third-order valence-electron chi connectivity index (χ3n) is 0. The molecule has 0 aromatic heterocycles. The van der Waals surface area contributed by atoms with Gasteiger partial charge in [-0.15, -0.1) is 0 Å². The zero-order valence-corrected chi connectivity index (χ0v) is 9.12. The number of carboxylic acid groups (broad SMARTS) is 1. The molecule has 57 valence electrons. The van der Waals surface area contributed by atoms with Crippen LogP contribution in [0.5, 0.6) is 0 Å². The smallest absolute Gasteiger partial charge is 0 e. The summed E-state index contributed by atoms with van der Waals surface area (Å²) in [6.45, 7) is 1.08. The van der Waals surface area contributed by atoms with Crippen molar-refractivity contribution in [3.63, 3.8) is 0 Å². The molecule has 0 aliphatic carbocycles. The fourth-order valence-corrected chi connectivity index (χ4v) is 0. The van der Waals surface area contributed by atoms with Gasteiger partial charge in [0.15, 0.2) is 0 Å². The third kappa shape index (κ3) is 261. The van der Waals surface area contributed by atoms with Gasteiger partial charge in [-0.2, -0.15) is 0 Å². The minimum absolute atomic E-state index is 0. The molecule has 0 atom stereocenters. The predicted octanol–water partition coefficient (Wildman–Crippen LogP) is 2.15. The minimum Gasteiger partial charge on any atom is 0 e. The largest absolute Gasteiger partial charge is 0 e. The van der Waals surface area contributed by atoms with E-state index in [1.807, 2.05) is 0 Å². The fraction of sp³-hybridized carbons (Fsp3) is 0.500. The Labute approximate surface area is 81.2 Å². The van der Waals surface area contributed by atoms with Gasteiger partial charge < -0.3 is 5.11 Å². The van der Waals surface area contributed by atoms with Crippen molar-refractivity contribution in [2.24, 2.45) is 0 Å². The molecule has 9 heavy (non-hydrogen) atoms. The molecule has 0 aromatic carbocycles. The number of carbonyl (C=O) groups is 1. The van der Waals surface area contributed by atoms with E-state index >= 15 is 0 Å². The van der Waals surface area contributed by atoms with E-state index in [2.05, 4.69) is 0 Å². The second-order valence-corrected chi connectivity index (χ2v) is 7.01. The van der Waals surface area contributed by atoms with Gasteiger partial charge in [0, 0.05) is 24.3 Å². The van der Waals surface area contributed by atoms with Crippen molar-refractivity contribution in [2.45, 2.75) is 6.92 Å². The average Bonchev–Trinajstić information content (AvgIpc) is 1.25. The Balaban J connectivity index is -0.0000000720. The average molecular weight is 270 g/mol. The molecule has 0 bridgehead atoms. The normalized spacial score (nSPS) is 6.78. The SMILES string of the molecule is CC(=O)O.[Cl][Cr]([Cl])[Cl].[Cr]. The Kier molecular flexibility index (Phi) is 22.6. The number of hydrogen-bond donors (Lipinski definition) is 1. The van der Waals surface area contributed by atoms with Crippen LogP contribution in [0.1, 0.15) is 6.92 Å². The maximum atomic E-state index is 9.00. The van der Waals surface area contributed by atoms with Crippen LogP contribution in [-0.4, -0.2) is 11.1 Å². The maximum absolute atomic E-state index is 9.00. The summed E-state index contributed by atoms with van der Waals surface area (Å²) in [7, 11) is 14.8. The molecule has 0 heterocycles. The summed E-state index contributed by atoms with van der Waals surface area (Å²) in [4.78, 5) is 9.00. The molecule has 0 amide bonds. The van der Waals surface area contributed by atoms with Gasteiger partial charge in [0.1, 0.15) is 0 Å². The second kappa shape index (κ2) is 12.1. The molecule has 0 spiro atoms. The Morgan fingerprint density at radius 2 is 1.44 bits per heavy atom. The quantitative estimate of drug-likeness (QED) is 0.732. The van der Waals surface area contributed by atoms with E-state index in [1.54, 1.807) is 0 Å². The van der Waals surface area contributed by atoms with Gasteiger partial charge in [0.25, 0.3) is 5.97 Å². The van der Waals surface area contributed by atoms with Gasteiger partial charge in [-0.1, -0.05) is 0 Å². The van der Waals surface area contributed by atoms with Gasteiger partial charge in [0.05, 0.1) is 0 Å². The molecule has 0 unspecified atom stereocenters. The van der Waals surface area contributed by atoms with Crippen molar-refractivity contribution >= 4 is 36.1 Å². The molecule has 1 N–H and O–H groups in total. The van der Waals surface area contributed by atoms with E-state index in [9.17, 15) is 0 Å². The van der Waals surface area contributed by atoms with E-state index in [1.165, 1.54) is 0 Å². The molecule has 2 nitrogen and oxygen atoms in total. The van der Waals surface area contributed by atoms with Crippen molar-refractivity contribution in [1.29, 1.82) is 0 Å². The summed E-state index contributed by atoms with van der Waals surface area (Å²) in [5, 5.41) is 7.42. The Morgan fingerprint density at radius 1 is 1.44 bits per heavy atom. The van der Waals surface area contributed by atoms with Crippen LogP contribution in [0.3, 0.4) is 0 Å². The van der Waals surface area contributed by atoms with E-state index in [4.69, 9.17) is 40.0 Å². The molecule has 0 radical (unpaired) electrons. The van der Waals surface area contributed by atoms with E-state index in [-0.39, 0.29) is 17.4 Å². The molecule has 0 aliphatic rings. The molecule has 0 fully saturated rings. The second-order valence-electron chi connectivity index (χ2n) is 0.694. The Morgan fingerprint density at radius 3 is 1.44 bits per heavy atom. The van der Waals surface area contributed by atoms with Crippen molar-refractivity contribution in [1.82, 2.24) is 0 Å². The van der Waals surface area contributed by atoms with Crippen molar-refractivity contribution in [3.05, 3.63) is 0 Å². The van der Waals surface area contributed by atoms with Crippen LogP contribution >= 0.6 is 30.1 Å². The first-order valence-corrected chi connectivity index (χ1v) is 6.65. The molecule has 0 aliphatic heterocycles. The van der Waals surface area contributed by atoms with Crippen LogP contribution in [0.2, 0.25) is 0 Å². The zero-order valence-electron chi connectivity index (χ0n) is 4.31. The molecule has 0 aromatic rings. The van der Waals surface area contributed by atoms with Gasteiger partial charge in [-0.25, -0.2) is 0 Å². The number of halogens is 3. The summed E-state index contributed by atoms with van der Waals surface area (Å²) in [6.07, 6.45) is 0. The topological polar surface area (TPSA) is 37.3 Å². The third-order valence-corrected chi connectivity index (χ3v) is 0.